The summed E-state index contributed by atoms with van der Waals surface area (Å²) in [4.78, 5) is 125. The van der Waals surface area contributed by atoms with Gasteiger partial charge in [0.25, 0.3) is 0 Å². The molecule has 4 aromatic rings. The maximum Gasteiger partial charge on any atom is 0.248 e. The van der Waals surface area contributed by atoms with Gasteiger partial charge >= 0.3 is 0 Å². The molecule has 4 aromatic carbocycles. The van der Waals surface area contributed by atoms with Crippen molar-refractivity contribution >= 4 is 64.6 Å². The van der Waals surface area contributed by atoms with E-state index in [1.54, 1.807) is 36.4 Å². The maximum absolute atomic E-state index is 14.8. The van der Waals surface area contributed by atoms with Gasteiger partial charge in [0.1, 0.15) is 41.7 Å². The number of rotatable bonds is 19. The SMILES string of the molecule is C[C@@H](O)[C@@H]1NC(=O)[C@H](CCCCN)NC(=O)[C@@H](Cc2ccc(C(N)=O)cc2)NC(=O)[C@H](Cc2ccc(O)cc2)CC(=O)[C@H](NC(=O)[C@@H](N)Cc2ccc(Cl)cc2)CC=CC[C@@H](C(=O)N[C@H](Cc2ccc(O)cc2)C(N)=O)NC1=O. The first kappa shape index (κ1) is 61.7. The Morgan fingerprint density at radius 1 is 0.671 bits per heavy atom. The fourth-order valence-electron chi connectivity index (χ4n) is 8.63. The number of nitrogens with two attached hydrogens (primary N) is 4. The number of Topliss-reactive ketones (excluding diaryl/α,β-unsaturated/α-hetero) is 1. The van der Waals surface area contributed by atoms with Gasteiger partial charge in [0.05, 0.1) is 18.2 Å². The second kappa shape index (κ2) is 30.1. The largest absolute Gasteiger partial charge is 0.508 e. The number of carbonyl (C=O) groups excluding carboxylic acids is 9. The van der Waals surface area contributed by atoms with E-state index in [-0.39, 0.29) is 75.0 Å². The number of carbonyl (C=O) groups is 9. The molecule has 0 aliphatic carbocycles. The first-order valence-electron chi connectivity index (χ1n) is 25.7. The van der Waals surface area contributed by atoms with Crippen molar-refractivity contribution in [3.05, 3.63) is 142 Å². The molecule has 5 rings (SSSR count). The highest BCUT2D eigenvalue weighted by Crippen LogP contribution is 2.21. The zero-order valence-corrected chi connectivity index (χ0v) is 44.3. The Kier molecular flexibility index (Phi) is 23.5. The van der Waals surface area contributed by atoms with Crippen LogP contribution >= 0.6 is 11.6 Å². The number of aliphatic hydroxyl groups is 1. The molecule has 8 amide bonds. The zero-order valence-electron chi connectivity index (χ0n) is 43.6. The molecule has 422 valence electrons. The van der Waals surface area contributed by atoms with Crippen molar-refractivity contribution in [2.24, 2.45) is 28.9 Å². The van der Waals surface area contributed by atoms with Gasteiger partial charge in [-0.2, -0.15) is 0 Å². The number of unbranched alkanes of at least 4 members (excludes halogenated alkanes) is 1. The van der Waals surface area contributed by atoms with Crippen molar-refractivity contribution in [3.63, 3.8) is 0 Å². The first-order chi connectivity index (χ1) is 37.6. The number of nitrogens with one attached hydrogen (secondary N) is 6. The van der Waals surface area contributed by atoms with Gasteiger partial charge in [-0.15, -0.1) is 0 Å². The summed E-state index contributed by atoms with van der Waals surface area (Å²) in [5, 5.41) is 47.1. The molecule has 0 aromatic heterocycles. The van der Waals surface area contributed by atoms with Gasteiger partial charge in [-0.25, -0.2) is 0 Å². The van der Waals surface area contributed by atoms with Gasteiger partial charge in [-0.3, -0.25) is 43.2 Å². The van der Waals surface area contributed by atoms with E-state index in [2.05, 4.69) is 31.9 Å². The third-order valence-corrected chi connectivity index (χ3v) is 13.4. The third kappa shape index (κ3) is 19.7. The molecule has 0 radical (unpaired) electrons. The Morgan fingerprint density at radius 3 is 1.81 bits per heavy atom. The van der Waals surface area contributed by atoms with E-state index >= 15 is 0 Å². The van der Waals surface area contributed by atoms with Gasteiger partial charge in [-0.1, -0.05) is 72.3 Å². The molecule has 79 heavy (non-hydrogen) atoms. The summed E-state index contributed by atoms with van der Waals surface area (Å²) in [6, 6.07) is 14.0. The predicted molar refractivity (Wildman–Crippen MR) is 292 cm³/mol. The fraction of sp³-hybridized carbons (Fsp3) is 0.375. The van der Waals surface area contributed by atoms with Crippen molar-refractivity contribution in [1.82, 2.24) is 31.9 Å². The molecule has 0 bridgehead atoms. The van der Waals surface area contributed by atoms with Crippen molar-refractivity contribution in [2.75, 3.05) is 6.54 Å². The minimum absolute atomic E-state index is 0.0393. The summed E-state index contributed by atoms with van der Waals surface area (Å²) in [6.45, 7) is 1.42. The van der Waals surface area contributed by atoms with E-state index in [1.165, 1.54) is 79.7 Å². The third-order valence-electron chi connectivity index (χ3n) is 13.2. The molecule has 1 aliphatic rings. The summed E-state index contributed by atoms with van der Waals surface area (Å²) >= 11 is 6.07. The van der Waals surface area contributed by atoms with Crippen molar-refractivity contribution in [3.8, 4) is 11.5 Å². The molecule has 17 N–H and O–H groups in total. The van der Waals surface area contributed by atoms with Crippen LogP contribution < -0.4 is 54.8 Å². The van der Waals surface area contributed by atoms with E-state index in [0.717, 1.165) is 0 Å². The quantitative estimate of drug-likeness (QED) is 0.0443. The number of hydrogen-bond acceptors (Lipinski definition) is 14. The Labute approximate surface area is 461 Å². The molecule has 9 atom stereocenters. The van der Waals surface area contributed by atoms with Crippen LogP contribution in [-0.2, 0) is 64.0 Å². The first-order valence-corrected chi connectivity index (χ1v) is 26.1. The summed E-state index contributed by atoms with van der Waals surface area (Å²) in [6.07, 6.45) is 0.313. The Balaban J connectivity index is 1.60. The molecule has 0 fully saturated rings. The molecule has 0 saturated carbocycles. The molecule has 0 unspecified atom stereocenters. The van der Waals surface area contributed by atoms with Crippen LogP contribution in [0.15, 0.2) is 109 Å². The number of hydrogen-bond donors (Lipinski definition) is 13. The van der Waals surface area contributed by atoms with E-state index in [9.17, 15) is 58.5 Å². The molecule has 22 nitrogen and oxygen atoms in total. The van der Waals surface area contributed by atoms with Crippen LogP contribution in [0.4, 0.5) is 0 Å². The summed E-state index contributed by atoms with van der Waals surface area (Å²) in [5.41, 5.74) is 25.6. The highest BCUT2D eigenvalue weighted by atomic mass is 35.5. The van der Waals surface area contributed by atoms with E-state index in [1.807, 2.05) is 0 Å². The number of amides is 8. The van der Waals surface area contributed by atoms with Gasteiger partial charge in [-0.05, 0) is 129 Å². The average Bonchev–Trinajstić information content (AvgIpc) is 3.41. The summed E-state index contributed by atoms with van der Waals surface area (Å²) in [7, 11) is 0. The van der Waals surface area contributed by atoms with Crippen molar-refractivity contribution < 1.29 is 58.5 Å². The van der Waals surface area contributed by atoms with Crippen LogP contribution in [0.25, 0.3) is 0 Å². The molecule has 0 spiro atoms. The fourth-order valence-corrected chi connectivity index (χ4v) is 8.76. The highest BCUT2D eigenvalue weighted by molar-refractivity contribution is 6.30. The number of halogens is 1. The van der Waals surface area contributed by atoms with E-state index < -0.39 is 114 Å². The lowest BCUT2D eigenvalue weighted by Crippen LogP contribution is -2.61. The number of aromatic hydroxyl groups is 2. The molecular weight excluding hydrogens is 1040 g/mol. The number of ketones is 1. The topological polar surface area (TPSA) is 391 Å². The molecule has 23 heteroatoms. The van der Waals surface area contributed by atoms with Crippen LogP contribution in [0, 0.1) is 5.92 Å². The van der Waals surface area contributed by atoms with Gasteiger partial charge < -0.3 is 70.2 Å². The van der Waals surface area contributed by atoms with Crippen LogP contribution in [0.5, 0.6) is 11.5 Å². The van der Waals surface area contributed by atoms with Crippen LogP contribution in [0.3, 0.4) is 0 Å². The molecule has 1 heterocycles. The minimum atomic E-state index is -1.76. The Hall–Kier alpha value is -8.18. The number of primary amides is 2. The lowest BCUT2D eigenvalue weighted by Gasteiger charge is -2.29. The number of phenols is 2. The summed E-state index contributed by atoms with van der Waals surface area (Å²) in [5.74, 6) is -9.06. The standard InChI is InChI=1S/C56H69ClN10O12/c1-31(68)48-56(79)64-43(53(76)65-45(50(61)73)28-35-15-23-40(70)24-16-35)7-3-2-6-42(62-52(75)41(59)27-33-11-19-38(57)20-12-33)47(71)30-37(26-32-13-21-39(69)22-14-32)51(74)66-46(29-34-9-17-36(18-10-34)49(60)72)55(78)63-44(54(77)67-48)8-4-5-25-58/h2-3,9-24,31,37,41-46,48,68-70H,4-8,25-30,58-59H2,1H3,(H2,60,72)(H2,61,73)(H,62,75)(H,63,78)(H,64,79)(H,65,76)(H,66,74)(H,67,77)/t31-,37-,41+,42-,43+,44+,45-,46-,48+/m1/s1. The van der Waals surface area contributed by atoms with Crippen LogP contribution in [-0.4, -0.2) is 123 Å². The van der Waals surface area contributed by atoms with Crippen molar-refractivity contribution in [1.29, 1.82) is 0 Å². The van der Waals surface area contributed by atoms with E-state index in [0.29, 0.717) is 33.7 Å². The summed E-state index contributed by atoms with van der Waals surface area (Å²) < 4.78 is 0. The second-order valence-corrected chi connectivity index (χ2v) is 19.9. The lowest BCUT2D eigenvalue weighted by atomic mass is 9.89. The predicted octanol–water partition coefficient (Wildman–Crippen LogP) is 0.277. The van der Waals surface area contributed by atoms with Crippen LogP contribution in [0.2, 0.25) is 5.02 Å². The number of phenolic OH excluding ortho intramolecular Hbond substituents is 2. The van der Waals surface area contributed by atoms with Gasteiger partial charge in [0.2, 0.25) is 47.3 Å². The van der Waals surface area contributed by atoms with Crippen LogP contribution in [0.1, 0.15) is 78.1 Å². The number of benzene rings is 4. The smallest absolute Gasteiger partial charge is 0.248 e. The number of aliphatic hydroxyl groups excluding tert-OH is 1. The van der Waals surface area contributed by atoms with Gasteiger partial charge in [0.15, 0.2) is 5.78 Å². The maximum atomic E-state index is 14.8. The molecular formula is C56H69ClN10O12. The average molecular weight is 1110 g/mol. The normalized spacial score (nSPS) is 20.9. The van der Waals surface area contributed by atoms with E-state index in [4.69, 9.17) is 34.5 Å². The molecule has 1 aliphatic heterocycles. The second-order valence-electron chi connectivity index (χ2n) is 19.5. The van der Waals surface area contributed by atoms with Crippen molar-refractivity contribution in [2.45, 2.75) is 120 Å². The molecule has 0 saturated heterocycles. The highest BCUT2D eigenvalue weighted by Gasteiger charge is 2.36. The Bertz CT molecular complexity index is 2800. The zero-order chi connectivity index (χ0) is 57.8. The Morgan fingerprint density at radius 2 is 1.22 bits per heavy atom. The minimum Gasteiger partial charge on any atom is -0.508 e. The monoisotopic (exact) mass is 1110 g/mol. The lowest BCUT2D eigenvalue weighted by molar-refractivity contribution is -0.137. The van der Waals surface area contributed by atoms with Gasteiger partial charge in [0, 0.05) is 35.8 Å².